The summed E-state index contributed by atoms with van der Waals surface area (Å²) in [5.74, 6) is 0.753. The zero-order chi connectivity index (χ0) is 18.4. The van der Waals surface area contributed by atoms with Crippen LogP contribution in [0.25, 0.3) is 0 Å². The number of ether oxygens (including phenoxy) is 1. The van der Waals surface area contributed by atoms with Crippen LogP contribution in [-0.4, -0.2) is 18.0 Å². The zero-order valence-corrected chi connectivity index (χ0v) is 15.9. The van der Waals surface area contributed by atoms with Crippen molar-refractivity contribution in [3.63, 3.8) is 0 Å². The van der Waals surface area contributed by atoms with Crippen LogP contribution in [0.15, 0.2) is 54.7 Å². The zero-order valence-electron chi connectivity index (χ0n) is 14.4. The number of thiazole rings is 1. The number of nitrogens with one attached hydrogen (secondary N) is 1. The smallest absolute Gasteiger partial charge is 0.226 e. The third-order valence-corrected chi connectivity index (χ3v) is 5.07. The maximum absolute atomic E-state index is 12.2. The fourth-order valence-corrected chi connectivity index (χ4v) is 3.58. The Labute approximate surface area is 161 Å². The van der Waals surface area contributed by atoms with Gasteiger partial charge in [0.1, 0.15) is 5.75 Å². The molecule has 2 aromatic carbocycles. The number of halogens is 1. The first kappa shape index (κ1) is 18.4. The number of amides is 1. The first-order valence-corrected chi connectivity index (χ1v) is 9.44. The van der Waals surface area contributed by atoms with E-state index in [0.29, 0.717) is 18.0 Å². The number of hydrogen-bond acceptors (Lipinski definition) is 4. The molecule has 0 bridgehead atoms. The minimum Gasteiger partial charge on any atom is -0.496 e. The number of rotatable bonds is 7. The highest BCUT2D eigenvalue weighted by molar-refractivity contribution is 7.15. The summed E-state index contributed by atoms with van der Waals surface area (Å²) in [5, 5.41) is 4.22. The molecule has 134 valence electrons. The number of aryl methyl sites for hydroxylation is 1. The Morgan fingerprint density at radius 3 is 2.73 bits per heavy atom. The van der Waals surface area contributed by atoms with E-state index in [-0.39, 0.29) is 5.91 Å². The van der Waals surface area contributed by atoms with Crippen molar-refractivity contribution in [3.8, 4) is 5.75 Å². The van der Waals surface area contributed by atoms with E-state index in [1.54, 1.807) is 13.3 Å². The second-order valence-corrected chi connectivity index (χ2v) is 7.35. The molecule has 1 heterocycles. The number of hydrogen-bond donors (Lipinski definition) is 1. The first-order chi connectivity index (χ1) is 12.6. The maximum atomic E-state index is 12.2. The van der Waals surface area contributed by atoms with Crippen molar-refractivity contribution in [2.24, 2.45) is 0 Å². The molecule has 1 amide bonds. The highest BCUT2D eigenvalue weighted by Crippen LogP contribution is 2.23. The van der Waals surface area contributed by atoms with Crippen LogP contribution >= 0.6 is 22.9 Å². The normalized spacial score (nSPS) is 10.5. The number of carbonyl (C=O) groups excluding carboxylic acids is 1. The number of para-hydroxylation sites is 1. The molecule has 3 aromatic rings. The molecule has 1 aromatic heterocycles. The standard InChI is InChI=1S/C20H19ClN2O2S/c1-25-18-5-3-2-4-15(18)8-11-19(24)23-20-22-13-17(26-20)12-14-6-9-16(21)10-7-14/h2-7,9-10,13H,8,11-12H2,1H3,(H,22,23,24). The van der Waals surface area contributed by atoms with Gasteiger partial charge >= 0.3 is 0 Å². The van der Waals surface area contributed by atoms with E-state index in [2.05, 4.69) is 10.3 Å². The van der Waals surface area contributed by atoms with E-state index in [4.69, 9.17) is 16.3 Å². The van der Waals surface area contributed by atoms with Gasteiger partial charge in [-0.05, 0) is 35.7 Å². The summed E-state index contributed by atoms with van der Waals surface area (Å²) in [6, 6.07) is 15.5. The SMILES string of the molecule is COc1ccccc1CCC(=O)Nc1ncc(Cc2ccc(Cl)cc2)s1. The summed E-state index contributed by atoms with van der Waals surface area (Å²) in [5.41, 5.74) is 2.18. The van der Waals surface area contributed by atoms with Crippen LogP contribution in [0.5, 0.6) is 5.75 Å². The van der Waals surface area contributed by atoms with Crippen molar-refractivity contribution in [1.29, 1.82) is 0 Å². The lowest BCUT2D eigenvalue weighted by molar-refractivity contribution is -0.116. The van der Waals surface area contributed by atoms with Gasteiger partial charge in [-0.25, -0.2) is 4.98 Å². The lowest BCUT2D eigenvalue weighted by Crippen LogP contribution is -2.12. The molecule has 0 saturated heterocycles. The predicted molar refractivity (Wildman–Crippen MR) is 106 cm³/mol. The topological polar surface area (TPSA) is 51.2 Å². The number of aromatic nitrogens is 1. The van der Waals surface area contributed by atoms with Gasteiger partial charge in [0, 0.05) is 28.9 Å². The van der Waals surface area contributed by atoms with Gasteiger partial charge in [0.2, 0.25) is 5.91 Å². The molecule has 4 nitrogen and oxygen atoms in total. The molecule has 26 heavy (non-hydrogen) atoms. The Kier molecular flexibility index (Phi) is 6.26. The summed E-state index contributed by atoms with van der Waals surface area (Å²) in [7, 11) is 1.64. The van der Waals surface area contributed by atoms with Crippen molar-refractivity contribution in [2.75, 3.05) is 12.4 Å². The molecular formula is C20H19ClN2O2S. The summed E-state index contributed by atoms with van der Waals surface area (Å²) >= 11 is 7.39. The molecule has 0 fully saturated rings. The number of benzene rings is 2. The molecule has 0 radical (unpaired) electrons. The third-order valence-electron chi connectivity index (χ3n) is 3.91. The van der Waals surface area contributed by atoms with Gasteiger partial charge in [0.05, 0.1) is 7.11 Å². The van der Waals surface area contributed by atoms with Crippen LogP contribution in [0.2, 0.25) is 5.02 Å². The molecule has 0 aliphatic carbocycles. The molecule has 0 spiro atoms. The Morgan fingerprint density at radius 2 is 1.96 bits per heavy atom. The Hall–Kier alpha value is -2.37. The van der Waals surface area contributed by atoms with E-state index in [1.807, 2.05) is 48.5 Å². The minimum absolute atomic E-state index is 0.0525. The highest BCUT2D eigenvalue weighted by atomic mass is 35.5. The van der Waals surface area contributed by atoms with Gasteiger partial charge in [-0.15, -0.1) is 11.3 Å². The van der Waals surface area contributed by atoms with Gasteiger partial charge in [-0.2, -0.15) is 0 Å². The van der Waals surface area contributed by atoms with Crippen molar-refractivity contribution < 1.29 is 9.53 Å². The Bertz CT molecular complexity index is 878. The van der Waals surface area contributed by atoms with Crippen LogP contribution < -0.4 is 10.1 Å². The quantitative estimate of drug-likeness (QED) is 0.623. The third kappa shape index (κ3) is 5.07. The fourth-order valence-electron chi connectivity index (χ4n) is 2.59. The van der Waals surface area contributed by atoms with Gasteiger partial charge in [0.15, 0.2) is 5.13 Å². The second kappa shape index (κ2) is 8.83. The lowest BCUT2D eigenvalue weighted by atomic mass is 10.1. The number of methoxy groups -OCH3 is 1. The van der Waals surface area contributed by atoms with Crippen LogP contribution in [0.1, 0.15) is 22.4 Å². The van der Waals surface area contributed by atoms with Gasteiger partial charge < -0.3 is 10.1 Å². The van der Waals surface area contributed by atoms with E-state index in [1.165, 1.54) is 11.3 Å². The van der Waals surface area contributed by atoms with Crippen molar-refractivity contribution in [3.05, 3.63) is 75.8 Å². The average molecular weight is 387 g/mol. The number of anilines is 1. The van der Waals surface area contributed by atoms with E-state index < -0.39 is 0 Å². The van der Waals surface area contributed by atoms with E-state index >= 15 is 0 Å². The summed E-state index contributed by atoms with van der Waals surface area (Å²) in [6.45, 7) is 0. The highest BCUT2D eigenvalue weighted by Gasteiger charge is 2.09. The first-order valence-electron chi connectivity index (χ1n) is 8.25. The number of nitrogens with zero attached hydrogens (tertiary/aromatic N) is 1. The Morgan fingerprint density at radius 1 is 1.19 bits per heavy atom. The molecule has 0 atom stereocenters. The van der Waals surface area contributed by atoms with Crippen molar-refractivity contribution >= 4 is 34.0 Å². The van der Waals surface area contributed by atoms with E-state index in [9.17, 15) is 4.79 Å². The maximum Gasteiger partial charge on any atom is 0.226 e. The predicted octanol–water partition coefficient (Wildman–Crippen LogP) is 4.97. The molecule has 0 aliphatic rings. The molecule has 1 N–H and O–H groups in total. The lowest BCUT2D eigenvalue weighted by Gasteiger charge is -2.07. The van der Waals surface area contributed by atoms with Crippen LogP contribution in [0, 0.1) is 0 Å². The molecule has 0 aliphatic heterocycles. The molecule has 0 saturated carbocycles. The molecular weight excluding hydrogens is 368 g/mol. The van der Waals surface area contributed by atoms with Gasteiger partial charge in [-0.3, -0.25) is 4.79 Å². The van der Waals surface area contributed by atoms with Gasteiger partial charge in [-0.1, -0.05) is 41.9 Å². The number of carbonyl (C=O) groups is 1. The van der Waals surface area contributed by atoms with Crippen LogP contribution in [0.3, 0.4) is 0 Å². The van der Waals surface area contributed by atoms with Crippen LogP contribution in [-0.2, 0) is 17.6 Å². The van der Waals surface area contributed by atoms with E-state index in [0.717, 1.165) is 33.2 Å². The molecule has 0 unspecified atom stereocenters. The average Bonchev–Trinajstić information content (AvgIpc) is 3.09. The monoisotopic (exact) mass is 386 g/mol. The molecule has 6 heteroatoms. The fraction of sp³-hybridized carbons (Fsp3) is 0.200. The largest absolute Gasteiger partial charge is 0.496 e. The molecule has 3 rings (SSSR count). The summed E-state index contributed by atoms with van der Waals surface area (Å²) in [6.07, 6.45) is 3.58. The van der Waals surface area contributed by atoms with Crippen molar-refractivity contribution in [1.82, 2.24) is 4.98 Å². The van der Waals surface area contributed by atoms with Crippen molar-refractivity contribution in [2.45, 2.75) is 19.3 Å². The summed E-state index contributed by atoms with van der Waals surface area (Å²) in [4.78, 5) is 17.6. The van der Waals surface area contributed by atoms with Gasteiger partial charge in [0.25, 0.3) is 0 Å². The minimum atomic E-state index is -0.0525. The van der Waals surface area contributed by atoms with Crippen LogP contribution in [0.4, 0.5) is 5.13 Å². The summed E-state index contributed by atoms with van der Waals surface area (Å²) < 4.78 is 5.31. The second-order valence-electron chi connectivity index (χ2n) is 5.79. The Balaban J connectivity index is 1.53.